The quantitative estimate of drug-likeness (QED) is 0.692. The first kappa shape index (κ1) is 12.2. The summed E-state index contributed by atoms with van der Waals surface area (Å²) in [4.78, 5) is 0. The molecule has 0 atom stereocenters. The molecule has 1 fully saturated rings. The molecule has 0 aliphatic heterocycles. The van der Waals surface area contributed by atoms with Gasteiger partial charge >= 0.3 is 0 Å². The van der Waals surface area contributed by atoms with Crippen LogP contribution in [0, 0.1) is 12.3 Å². The van der Waals surface area contributed by atoms with Crippen molar-refractivity contribution in [1.82, 2.24) is 0 Å². The number of benzene rings is 1. The fourth-order valence-corrected chi connectivity index (χ4v) is 3.56. The maximum absolute atomic E-state index is 3.74. The van der Waals surface area contributed by atoms with Crippen molar-refractivity contribution in [2.45, 2.75) is 45.4 Å². The van der Waals surface area contributed by atoms with Gasteiger partial charge in [0.15, 0.2) is 0 Å². The molecule has 1 heteroatoms. The van der Waals surface area contributed by atoms with Gasteiger partial charge in [-0.25, -0.2) is 0 Å². The Kier molecular flexibility index (Phi) is 4.07. The van der Waals surface area contributed by atoms with Gasteiger partial charge in [-0.15, -0.1) is 0 Å². The van der Waals surface area contributed by atoms with Crippen molar-refractivity contribution in [2.24, 2.45) is 5.41 Å². The lowest BCUT2D eigenvalue weighted by Crippen LogP contribution is -2.28. The maximum atomic E-state index is 3.74. The molecule has 0 amide bonds. The highest BCUT2D eigenvalue weighted by Gasteiger charge is 2.30. The van der Waals surface area contributed by atoms with Gasteiger partial charge in [0.25, 0.3) is 0 Å². The first-order valence-electron chi connectivity index (χ1n) is 6.36. The number of rotatable bonds is 3. The summed E-state index contributed by atoms with van der Waals surface area (Å²) >= 11 is 3.74. The molecule has 1 aromatic carbocycles. The Morgan fingerprint density at radius 2 is 1.69 bits per heavy atom. The first-order chi connectivity index (χ1) is 7.74. The smallest absolute Gasteiger partial charge is 0.00911 e. The van der Waals surface area contributed by atoms with Gasteiger partial charge in [-0.1, -0.05) is 65.0 Å². The standard InChI is InChI=1S/C15H21Br/c1-13-5-7-14(8-6-13)11-15(12-16)9-3-2-4-10-15/h5-8H,2-4,9-12H2,1H3. The Hall–Kier alpha value is -0.300. The SMILES string of the molecule is Cc1ccc(CC2(CBr)CCCCC2)cc1. The zero-order valence-electron chi connectivity index (χ0n) is 10.1. The van der Waals surface area contributed by atoms with Crippen molar-refractivity contribution < 1.29 is 0 Å². The highest BCUT2D eigenvalue weighted by molar-refractivity contribution is 9.09. The van der Waals surface area contributed by atoms with Gasteiger partial charge in [0.05, 0.1) is 0 Å². The molecule has 0 nitrogen and oxygen atoms in total. The van der Waals surface area contributed by atoms with E-state index in [1.807, 2.05) is 0 Å². The van der Waals surface area contributed by atoms with Gasteiger partial charge in [0, 0.05) is 5.33 Å². The lowest BCUT2D eigenvalue weighted by molar-refractivity contribution is 0.223. The second-order valence-electron chi connectivity index (χ2n) is 5.36. The predicted octanol–water partition coefficient (Wildman–Crippen LogP) is 4.88. The normalized spacial score (nSPS) is 19.6. The molecule has 0 N–H and O–H groups in total. The average molecular weight is 281 g/mol. The van der Waals surface area contributed by atoms with Crippen LogP contribution in [-0.2, 0) is 6.42 Å². The summed E-state index contributed by atoms with van der Waals surface area (Å²) in [5.74, 6) is 0. The second-order valence-corrected chi connectivity index (χ2v) is 5.92. The lowest BCUT2D eigenvalue weighted by atomic mass is 9.72. The van der Waals surface area contributed by atoms with Gasteiger partial charge in [-0.3, -0.25) is 0 Å². The van der Waals surface area contributed by atoms with Crippen LogP contribution in [0.5, 0.6) is 0 Å². The Morgan fingerprint density at radius 3 is 2.25 bits per heavy atom. The van der Waals surface area contributed by atoms with Crippen molar-refractivity contribution in [3.05, 3.63) is 35.4 Å². The summed E-state index contributed by atoms with van der Waals surface area (Å²) in [6.07, 6.45) is 8.30. The minimum atomic E-state index is 0.535. The van der Waals surface area contributed by atoms with Crippen molar-refractivity contribution in [3.63, 3.8) is 0 Å². The van der Waals surface area contributed by atoms with E-state index in [2.05, 4.69) is 47.1 Å². The fraction of sp³-hybridized carbons (Fsp3) is 0.600. The van der Waals surface area contributed by atoms with Crippen LogP contribution in [0.1, 0.15) is 43.2 Å². The largest absolute Gasteiger partial charge is 0.0922 e. The third-order valence-corrected chi connectivity index (χ3v) is 5.09. The molecule has 16 heavy (non-hydrogen) atoms. The Morgan fingerprint density at radius 1 is 1.06 bits per heavy atom. The van der Waals surface area contributed by atoms with Crippen molar-refractivity contribution >= 4 is 15.9 Å². The number of hydrogen-bond acceptors (Lipinski definition) is 0. The molecule has 0 aromatic heterocycles. The molecule has 1 saturated carbocycles. The number of alkyl halides is 1. The zero-order chi connectivity index (χ0) is 11.4. The van der Waals surface area contributed by atoms with E-state index in [1.54, 1.807) is 0 Å². The summed E-state index contributed by atoms with van der Waals surface area (Å²) in [5, 5.41) is 1.16. The van der Waals surface area contributed by atoms with Crippen LogP contribution in [0.15, 0.2) is 24.3 Å². The maximum Gasteiger partial charge on any atom is 0.00911 e. The Bertz CT molecular complexity index is 320. The van der Waals surface area contributed by atoms with E-state index in [0.717, 1.165) is 5.33 Å². The molecular weight excluding hydrogens is 260 g/mol. The monoisotopic (exact) mass is 280 g/mol. The summed E-state index contributed by atoms with van der Waals surface area (Å²) in [6.45, 7) is 2.16. The Labute approximate surface area is 108 Å². The molecule has 0 spiro atoms. The summed E-state index contributed by atoms with van der Waals surface area (Å²) in [7, 11) is 0. The molecule has 1 aliphatic rings. The van der Waals surface area contributed by atoms with E-state index in [9.17, 15) is 0 Å². The van der Waals surface area contributed by atoms with E-state index < -0.39 is 0 Å². The second kappa shape index (κ2) is 5.35. The topological polar surface area (TPSA) is 0 Å². The van der Waals surface area contributed by atoms with Crippen LogP contribution < -0.4 is 0 Å². The van der Waals surface area contributed by atoms with Crippen molar-refractivity contribution in [2.75, 3.05) is 5.33 Å². The van der Waals surface area contributed by atoms with Crippen LogP contribution in [0.2, 0.25) is 0 Å². The van der Waals surface area contributed by atoms with Gasteiger partial charge < -0.3 is 0 Å². The molecule has 1 aliphatic carbocycles. The Balaban J connectivity index is 2.08. The van der Waals surface area contributed by atoms with Crippen LogP contribution in [0.25, 0.3) is 0 Å². The minimum Gasteiger partial charge on any atom is -0.0922 e. The predicted molar refractivity (Wildman–Crippen MR) is 74.2 cm³/mol. The minimum absolute atomic E-state index is 0.535. The van der Waals surface area contributed by atoms with Gasteiger partial charge in [0.2, 0.25) is 0 Å². The third kappa shape index (κ3) is 2.88. The highest BCUT2D eigenvalue weighted by atomic mass is 79.9. The molecule has 0 unspecified atom stereocenters. The summed E-state index contributed by atoms with van der Waals surface area (Å²) in [5.41, 5.74) is 3.40. The van der Waals surface area contributed by atoms with Crippen molar-refractivity contribution in [3.8, 4) is 0 Å². The van der Waals surface area contributed by atoms with Gasteiger partial charge in [-0.05, 0) is 37.2 Å². The van der Waals surface area contributed by atoms with Gasteiger partial charge in [0.1, 0.15) is 0 Å². The molecule has 2 rings (SSSR count). The van der Waals surface area contributed by atoms with E-state index in [0.29, 0.717) is 5.41 Å². The molecule has 0 radical (unpaired) electrons. The number of aryl methyl sites for hydroxylation is 1. The zero-order valence-corrected chi connectivity index (χ0v) is 11.7. The summed E-state index contributed by atoms with van der Waals surface area (Å²) < 4.78 is 0. The van der Waals surface area contributed by atoms with E-state index in [1.165, 1.54) is 49.7 Å². The average Bonchev–Trinajstić information content (AvgIpc) is 2.33. The fourth-order valence-electron chi connectivity index (χ4n) is 2.80. The van der Waals surface area contributed by atoms with Crippen molar-refractivity contribution in [1.29, 1.82) is 0 Å². The van der Waals surface area contributed by atoms with E-state index in [4.69, 9.17) is 0 Å². The lowest BCUT2D eigenvalue weighted by Gasteiger charge is -2.36. The van der Waals surface area contributed by atoms with E-state index >= 15 is 0 Å². The van der Waals surface area contributed by atoms with Gasteiger partial charge in [-0.2, -0.15) is 0 Å². The number of halogens is 1. The molecule has 0 bridgehead atoms. The molecule has 1 aromatic rings. The molecule has 88 valence electrons. The van der Waals surface area contributed by atoms with Crippen LogP contribution in [0.3, 0.4) is 0 Å². The summed E-state index contributed by atoms with van der Waals surface area (Å²) in [6, 6.07) is 9.07. The number of hydrogen-bond donors (Lipinski definition) is 0. The first-order valence-corrected chi connectivity index (χ1v) is 7.48. The molecule has 0 heterocycles. The third-order valence-electron chi connectivity index (χ3n) is 3.90. The molecular formula is C15H21Br. The highest BCUT2D eigenvalue weighted by Crippen LogP contribution is 2.40. The van der Waals surface area contributed by atoms with Crippen LogP contribution in [0.4, 0.5) is 0 Å². The van der Waals surface area contributed by atoms with Crippen LogP contribution >= 0.6 is 15.9 Å². The van der Waals surface area contributed by atoms with E-state index in [-0.39, 0.29) is 0 Å². The molecule has 0 saturated heterocycles. The van der Waals surface area contributed by atoms with Crippen LogP contribution in [-0.4, -0.2) is 5.33 Å².